The van der Waals surface area contributed by atoms with Gasteiger partial charge in [-0.1, -0.05) is 0 Å². The molecule has 1 heterocycles. The zero-order chi connectivity index (χ0) is 16.4. The highest BCUT2D eigenvalue weighted by Gasteiger charge is 2.17. The maximum Gasteiger partial charge on any atom is 0.273 e. The van der Waals surface area contributed by atoms with Gasteiger partial charge < -0.3 is 10.4 Å². The lowest BCUT2D eigenvalue weighted by molar-refractivity contribution is -0.384. The molecule has 0 aliphatic rings. The second-order valence-corrected chi connectivity index (χ2v) is 4.91. The van der Waals surface area contributed by atoms with Gasteiger partial charge in [0, 0.05) is 30.9 Å². The van der Waals surface area contributed by atoms with Gasteiger partial charge in [0.05, 0.1) is 22.2 Å². The number of aromatic hydroxyl groups is 1. The van der Waals surface area contributed by atoms with Crippen LogP contribution in [0.4, 0.5) is 5.69 Å². The molecule has 1 aromatic carbocycles. The standard InChI is InChI=1S/C14H16N4O4/c1-8-12(9(2)17(3)16-8)7-15-14(20)11-5-4-10(18(21)22)6-13(11)19/h4-6,19H,7H2,1-3H3,(H,15,20). The molecule has 1 aromatic heterocycles. The smallest absolute Gasteiger partial charge is 0.273 e. The maximum atomic E-state index is 12.1. The second kappa shape index (κ2) is 5.84. The number of aromatic nitrogens is 2. The van der Waals surface area contributed by atoms with Gasteiger partial charge in [-0.25, -0.2) is 0 Å². The Morgan fingerprint density at radius 2 is 2.14 bits per heavy atom. The van der Waals surface area contributed by atoms with Crippen LogP contribution in [0, 0.1) is 24.0 Å². The molecule has 0 fully saturated rings. The van der Waals surface area contributed by atoms with Gasteiger partial charge in [0.1, 0.15) is 5.75 Å². The van der Waals surface area contributed by atoms with Crippen molar-refractivity contribution in [2.45, 2.75) is 20.4 Å². The number of carbonyl (C=O) groups is 1. The van der Waals surface area contributed by atoms with Crippen molar-refractivity contribution in [3.8, 4) is 5.75 Å². The van der Waals surface area contributed by atoms with E-state index in [1.807, 2.05) is 20.9 Å². The van der Waals surface area contributed by atoms with E-state index < -0.39 is 16.6 Å². The van der Waals surface area contributed by atoms with E-state index in [0.717, 1.165) is 23.0 Å². The number of aryl methyl sites for hydroxylation is 2. The van der Waals surface area contributed by atoms with Gasteiger partial charge in [-0.05, 0) is 19.9 Å². The van der Waals surface area contributed by atoms with E-state index in [0.29, 0.717) is 0 Å². The van der Waals surface area contributed by atoms with Crippen LogP contribution in [-0.4, -0.2) is 25.7 Å². The summed E-state index contributed by atoms with van der Waals surface area (Å²) in [5.74, 6) is -0.929. The summed E-state index contributed by atoms with van der Waals surface area (Å²) >= 11 is 0. The number of nitro groups is 1. The summed E-state index contributed by atoms with van der Waals surface area (Å²) in [7, 11) is 1.82. The number of benzene rings is 1. The van der Waals surface area contributed by atoms with Crippen molar-refractivity contribution >= 4 is 11.6 Å². The molecule has 0 aliphatic heterocycles. The summed E-state index contributed by atoms with van der Waals surface area (Å²) in [5, 5.41) is 27.3. The number of nitrogens with zero attached hydrogens (tertiary/aromatic N) is 3. The van der Waals surface area contributed by atoms with Crippen LogP contribution in [0.2, 0.25) is 0 Å². The summed E-state index contributed by atoms with van der Waals surface area (Å²) in [6.07, 6.45) is 0. The molecule has 116 valence electrons. The van der Waals surface area contributed by atoms with Crippen molar-refractivity contribution in [1.82, 2.24) is 15.1 Å². The molecule has 0 saturated heterocycles. The van der Waals surface area contributed by atoms with Crippen LogP contribution < -0.4 is 5.32 Å². The minimum absolute atomic E-state index is 0.00945. The summed E-state index contributed by atoms with van der Waals surface area (Å²) in [6, 6.07) is 3.36. The molecule has 22 heavy (non-hydrogen) atoms. The molecule has 0 aliphatic carbocycles. The van der Waals surface area contributed by atoms with Crippen molar-refractivity contribution in [3.05, 3.63) is 50.8 Å². The molecule has 0 saturated carbocycles. The van der Waals surface area contributed by atoms with Crippen LogP contribution in [0.3, 0.4) is 0 Å². The van der Waals surface area contributed by atoms with Crippen LogP contribution in [0.25, 0.3) is 0 Å². The largest absolute Gasteiger partial charge is 0.507 e. The number of phenols is 1. The van der Waals surface area contributed by atoms with E-state index in [1.165, 1.54) is 12.1 Å². The summed E-state index contributed by atoms with van der Waals surface area (Å²) < 4.78 is 1.72. The number of nitro benzene ring substituents is 1. The molecule has 8 heteroatoms. The lowest BCUT2D eigenvalue weighted by Crippen LogP contribution is -2.23. The Hall–Kier alpha value is -2.90. The van der Waals surface area contributed by atoms with E-state index in [2.05, 4.69) is 10.4 Å². The maximum absolute atomic E-state index is 12.1. The van der Waals surface area contributed by atoms with Crippen LogP contribution in [-0.2, 0) is 13.6 Å². The molecule has 2 rings (SSSR count). The Morgan fingerprint density at radius 1 is 1.45 bits per heavy atom. The molecule has 8 nitrogen and oxygen atoms in total. The van der Waals surface area contributed by atoms with Gasteiger partial charge in [0.2, 0.25) is 0 Å². The highest BCUT2D eigenvalue weighted by molar-refractivity contribution is 5.97. The number of phenolic OH excluding ortho intramolecular Hbond substituents is 1. The normalized spacial score (nSPS) is 10.5. The van der Waals surface area contributed by atoms with E-state index in [1.54, 1.807) is 4.68 Å². The fourth-order valence-electron chi connectivity index (χ4n) is 2.16. The van der Waals surface area contributed by atoms with Crippen LogP contribution in [0.1, 0.15) is 27.3 Å². The first-order valence-electron chi connectivity index (χ1n) is 6.56. The van der Waals surface area contributed by atoms with Crippen LogP contribution >= 0.6 is 0 Å². The Bertz CT molecular complexity index is 752. The van der Waals surface area contributed by atoms with E-state index in [-0.39, 0.29) is 17.8 Å². The average Bonchev–Trinajstić information content (AvgIpc) is 2.69. The lowest BCUT2D eigenvalue weighted by atomic mass is 10.1. The first-order valence-corrected chi connectivity index (χ1v) is 6.56. The molecule has 2 aromatic rings. The molecular formula is C14H16N4O4. The molecule has 0 unspecified atom stereocenters. The second-order valence-electron chi connectivity index (χ2n) is 4.91. The van der Waals surface area contributed by atoms with Gasteiger partial charge in [-0.15, -0.1) is 0 Å². The number of carbonyl (C=O) groups excluding carboxylic acids is 1. The molecule has 0 spiro atoms. The van der Waals surface area contributed by atoms with E-state index >= 15 is 0 Å². The van der Waals surface area contributed by atoms with E-state index in [4.69, 9.17) is 0 Å². The fraction of sp³-hybridized carbons (Fsp3) is 0.286. The number of amides is 1. The predicted molar refractivity (Wildman–Crippen MR) is 78.6 cm³/mol. The monoisotopic (exact) mass is 304 g/mol. The zero-order valence-electron chi connectivity index (χ0n) is 12.5. The molecular weight excluding hydrogens is 288 g/mol. The molecule has 0 bridgehead atoms. The number of non-ortho nitro benzene ring substituents is 1. The third-order valence-electron chi connectivity index (χ3n) is 3.52. The van der Waals surface area contributed by atoms with Crippen LogP contribution in [0.15, 0.2) is 18.2 Å². The van der Waals surface area contributed by atoms with Gasteiger partial charge in [0.15, 0.2) is 0 Å². The van der Waals surface area contributed by atoms with Gasteiger partial charge >= 0.3 is 0 Å². The third-order valence-corrected chi connectivity index (χ3v) is 3.52. The van der Waals surface area contributed by atoms with Gasteiger partial charge in [-0.3, -0.25) is 19.6 Å². The Morgan fingerprint density at radius 3 is 2.64 bits per heavy atom. The van der Waals surface area contributed by atoms with Crippen molar-refractivity contribution in [2.24, 2.45) is 7.05 Å². The SMILES string of the molecule is Cc1nn(C)c(C)c1CNC(=O)c1ccc([N+](=O)[O-])cc1O. The Kier molecular flexibility index (Phi) is 4.11. The Balaban J connectivity index is 2.14. The molecule has 0 atom stereocenters. The average molecular weight is 304 g/mol. The van der Waals surface area contributed by atoms with Crippen molar-refractivity contribution in [3.63, 3.8) is 0 Å². The Labute approximate surface area is 126 Å². The van der Waals surface area contributed by atoms with Crippen molar-refractivity contribution in [1.29, 1.82) is 0 Å². The first kappa shape index (κ1) is 15.5. The molecule has 0 radical (unpaired) electrons. The molecule has 1 amide bonds. The highest BCUT2D eigenvalue weighted by Crippen LogP contribution is 2.23. The summed E-state index contributed by atoms with van der Waals surface area (Å²) in [4.78, 5) is 22.1. The topological polar surface area (TPSA) is 110 Å². The lowest BCUT2D eigenvalue weighted by Gasteiger charge is -2.07. The third kappa shape index (κ3) is 2.90. The summed E-state index contributed by atoms with van der Waals surface area (Å²) in [5.41, 5.74) is 2.37. The zero-order valence-corrected chi connectivity index (χ0v) is 12.5. The van der Waals surface area contributed by atoms with Crippen molar-refractivity contribution < 1.29 is 14.8 Å². The number of hydrogen-bond donors (Lipinski definition) is 2. The molecule has 2 N–H and O–H groups in total. The van der Waals surface area contributed by atoms with Crippen molar-refractivity contribution in [2.75, 3.05) is 0 Å². The first-order chi connectivity index (χ1) is 10.3. The number of hydrogen-bond acceptors (Lipinski definition) is 5. The summed E-state index contributed by atoms with van der Waals surface area (Å²) in [6.45, 7) is 4.00. The minimum Gasteiger partial charge on any atom is -0.507 e. The quantitative estimate of drug-likeness (QED) is 0.658. The highest BCUT2D eigenvalue weighted by atomic mass is 16.6. The minimum atomic E-state index is -0.635. The predicted octanol–water partition coefficient (Wildman–Crippen LogP) is 1.58. The fourth-order valence-corrected chi connectivity index (χ4v) is 2.16. The van der Waals surface area contributed by atoms with E-state index in [9.17, 15) is 20.0 Å². The number of rotatable bonds is 4. The van der Waals surface area contributed by atoms with Crippen LogP contribution in [0.5, 0.6) is 5.75 Å². The van der Waals surface area contributed by atoms with Gasteiger partial charge in [0.25, 0.3) is 11.6 Å². The number of nitrogens with one attached hydrogen (secondary N) is 1. The van der Waals surface area contributed by atoms with Gasteiger partial charge in [-0.2, -0.15) is 5.10 Å².